The first-order chi connectivity index (χ1) is 9.27. The molecule has 0 aliphatic rings. The molecular formula is C14H18ClNO4. The van der Waals surface area contributed by atoms with Gasteiger partial charge in [-0.05, 0) is 31.5 Å². The van der Waals surface area contributed by atoms with E-state index < -0.39 is 11.5 Å². The van der Waals surface area contributed by atoms with Crippen LogP contribution in [0.1, 0.15) is 29.3 Å². The van der Waals surface area contributed by atoms with Crippen LogP contribution in [0.5, 0.6) is 0 Å². The second-order valence-electron chi connectivity index (χ2n) is 4.98. The monoisotopic (exact) mass is 299 g/mol. The molecule has 1 aromatic rings. The van der Waals surface area contributed by atoms with Crippen LogP contribution in [0.3, 0.4) is 0 Å². The first-order valence-electron chi connectivity index (χ1n) is 6.07. The molecule has 0 spiro atoms. The zero-order chi connectivity index (χ0) is 15.3. The van der Waals surface area contributed by atoms with Crippen LogP contribution in [0.15, 0.2) is 18.2 Å². The van der Waals surface area contributed by atoms with Gasteiger partial charge in [-0.15, -0.1) is 0 Å². The van der Waals surface area contributed by atoms with Gasteiger partial charge >= 0.3 is 5.97 Å². The number of amides is 1. The highest BCUT2D eigenvalue weighted by Gasteiger charge is 2.30. The fraction of sp³-hybridized carbons (Fsp3) is 0.429. The van der Waals surface area contributed by atoms with Gasteiger partial charge < -0.3 is 15.2 Å². The number of aryl methyl sites for hydroxylation is 1. The first-order valence-corrected chi connectivity index (χ1v) is 6.44. The van der Waals surface area contributed by atoms with Crippen molar-refractivity contribution in [1.29, 1.82) is 0 Å². The fourth-order valence-electron chi connectivity index (χ4n) is 1.96. The molecule has 5 nitrogen and oxygen atoms in total. The van der Waals surface area contributed by atoms with Crippen molar-refractivity contribution in [1.82, 2.24) is 5.32 Å². The van der Waals surface area contributed by atoms with Gasteiger partial charge in [0.05, 0.1) is 18.6 Å². The molecule has 2 N–H and O–H groups in total. The summed E-state index contributed by atoms with van der Waals surface area (Å²) >= 11 is 5.88. The van der Waals surface area contributed by atoms with Gasteiger partial charge in [0.15, 0.2) is 0 Å². The van der Waals surface area contributed by atoms with Crippen molar-refractivity contribution >= 4 is 23.5 Å². The highest BCUT2D eigenvalue weighted by atomic mass is 35.5. The molecule has 1 atom stereocenters. The average Bonchev–Trinajstić information content (AvgIpc) is 2.30. The Labute approximate surface area is 122 Å². The Kier molecular flexibility index (Phi) is 5.53. The van der Waals surface area contributed by atoms with Crippen LogP contribution in [0, 0.1) is 6.92 Å². The number of benzene rings is 1. The van der Waals surface area contributed by atoms with Crippen LogP contribution in [0.2, 0.25) is 5.02 Å². The third-order valence-corrected chi connectivity index (χ3v) is 3.10. The quantitative estimate of drug-likeness (QED) is 0.845. The molecule has 0 aromatic heterocycles. The number of hydrogen-bond acceptors (Lipinski definition) is 3. The van der Waals surface area contributed by atoms with E-state index in [0.717, 1.165) is 5.56 Å². The summed E-state index contributed by atoms with van der Waals surface area (Å²) in [6, 6.07) is 4.99. The predicted octanol–water partition coefficient (Wildman–Crippen LogP) is 2.26. The normalized spacial score (nSPS) is 13.6. The average molecular weight is 300 g/mol. The Morgan fingerprint density at radius 2 is 2.10 bits per heavy atom. The molecule has 0 aliphatic carbocycles. The van der Waals surface area contributed by atoms with Crippen molar-refractivity contribution in [3.63, 3.8) is 0 Å². The lowest BCUT2D eigenvalue weighted by molar-refractivity contribution is -0.139. The molecule has 1 amide bonds. The second kappa shape index (κ2) is 6.72. The lowest BCUT2D eigenvalue weighted by atomic mass is 9.97. The van der Waals surface area contributed by atoms with E-state index in [1.165, 1.54) is 7.11 Å². The number of nitrogens with one attached hydrogen (secondary N) is 1. The maximum Gasteiger partial charge on any atom is 0.305 e. The van der Waals surface area contributed by atoms with Crippen LogP contribution >= 0.6 is 11.6 Å². The lowest BCUT2D eigenvalue weighted by Gasteiger charge is -2.28. The van der Waals surface area contributed by atoms with Gasteiger partial charge in [0, 0.05) is 17.7 Å². The van der Waals surface area contributed by atoms with Crippen molar-refractivity contribution < 1.29 is 19.4 Å². The summed E-state index contributed by atoms with van der Waals surface area (Å²) in [5.41, 5.74) is 0.207. The van der Waals surface area contributed by atoms with E-state index in [0.29, 0.717) is 10.6 Å². The number of rotatable bonds is 6. The molecular weight excluding hydrogens is 282 g/mol. The van der Waals surface area contributed by atoms with E-state index in [1.807, 2.05) is 0 Å². The standard InChI is InChI=1S/C14H18ClNO4/c1-9-4-5-10(15)6-11(9)13(19)16-14(2,8-20-3)7-12(17)18/h4-6H,7-8H2,1-3H3,(H,16,19)(H,17,18). The van der Waals surface area contributed by atoms with Gasteiger partial charge in [-0.2, -0.15) is 0 Å². The van der Waals surface area contributed by atoms with E-state index >= 15 is 0 Å². The topological polar surface area (TPSA) is 75.6 Å². The highest BCUT2D eigenvalue weighted by molar-refractivity contribution is 6.31. The van der Waals surface area contributed by atoms with E-state index in [4.69, 9.17) is 21.4 Å². The van der Waals surface area contributed by atoms with Crippen molar-refractivity contribution in [3.8, 4) is 0 Å². The molecule has 0 saturated carbocycles. The van der Waals surface area contributed by atoms with Gasteiger partial charge in [-0.3, -0.25) is 9.59 Å². The lowest BCUT2D eigenvalue weighted by Crippen LogP contribution is -2.50. The van der Waals surface area contributed by atoms with Crippen molar-refractivity contribution in [2.75, 3.05) is 13.7 Å². The number of carbonyl (C=O) groups is 2. The summed E-state index contributed by atoms with van der Waals surface area (Å²) in [5.74, 6) is -1.38. The maximum atomic E-state index is 12.3. The third kappa shape index (κ3) is 4.51. The zero-order valence-electron chi connectivity index (χ0n) is 11.7. The largest absolute Gasteiger partial charge is 0.481 e. The van der Waals surface area contributed by atoms with Crippen LogP contribution in [0.25, 0.3) is 0 Å². The number of hydrogen-bond donors (Lipinski definition) is 2. The number of aliphatic carboxylic acids is 1. The summed E-state index contributed by atoms with van der Waals surface area (Å²) in [7, 11) is 1.46. The molecule has 0 radical (unpaired) electrons. The van der Waals surface area contributed by atoms with E-state index in [1.54, 1.807) is 32.0 Å². The van der Waals surface area contributed by atoms with E-state index in [9.17, 15) is 9.59 Å². The number of halogens is 1. The predicted molar refractivity (Wildman–Crippen MR) is 76.2 cm³/mol. The number of methoxy groups -OCH3 is 1. The second-order valence-corrected chi connectivity index (χ2v) is 5.41. The zero-order valence-corrected chi connectivity index (χ0v) is 12.5. The smallest absolute Gasteiger partial charge is 0.305 e. The third-order valence-electron chi connectivity index (χ3n) is 2.86. The molecule has 6 heteroatoms. The first kappa shape index (κ1) is 16.5. The van der Waals surface area contributed by atoms with Gasteiger partial charge in [0.2, 0.25) is 0 Å². The van der Waals surface area contributed by atoms with Crippen molar-refractivity contribution in [2.24, 2.45) is 0 Å². The summed E-state index contributed by atoms with van der Waals surface area (Å²) in [6.07, 6.45) is -0.230. The number of ether oxygens (including phenoxy) is 1. The number of carbonyl (C=O) groups excluding carboxylic acids is 1. The minimum atomic E-state index is -1.01. The van der Waals surface area contributed by atoms with Gasteiger partial charge in [-0.1, -0.05) is 17.7 Å². The van der Waals surface area contributed by atoms with Crippen LogP contribution < -0.4 is 5.32 Å². The molecule has 0 fully saturated rings. The molecule has 0 aliphatic heterocycles. The van der Waals surface area contributed by atoms with E-state index in [2.05, 4.69) is 5.32 Å². The summed E-state index contributed by atoms with van der Waals surface area (Å²) in [6.45, 7) is 3.52. The summed E-state index contributed by atoms with van der Waals surface area (Å²) in [4.78, 5) is 23.2. The van der Waals surface area contributed by atoms with Crippen LogP contribution in [-0.4, -0.2) is 36.2 Å². The van der Waals surface area contributed by atoms with Crippen molar-refractivity contribution in [3.05, 3.63) is 34.3 Å². The molecule has 110 valence electrons. The Morgan fingerprint density at radius 3 is 2.65 bits per heavy atom. The number of carboxylic acid groups (broad SMARTS) is 1. The molecule has 20 heavy (non-hydrogen) atoms. The number of carboxylic acids is 1. The Morgan fingerprint density at radius 1 is 1.45 bits per heavy atom. The van der Waals surface area contributed by atoms with Gasteiger partial charge in [0.1, 0.15) is 0 Å². The maximum absolute atomic E-state index is 12.3. The SMILES string of the molecule is COCC(C)(CC(=O)O)NC(=O)c1cc(Cl)ccc1C. The Hall–Kier alpha value is -1.59. The molecule has 1 aromatic carbocycles. The van der Waals surface area contributed by atoms with Crippen LogP contribution in [0.4, 0.5) is 0 Å². The molecule has 1 rings (SSSR count). The minimum absolute atomic E-state index is 0.102. The molecule has 0 saturated heterocycles. The molecule has 1 unspecified atom stereocenters. The molecule has 0 heterocycles. The Balaban J connectivity index is 2.95. The fourth-order valence-corrected chi connectivity index (χ4v) is 2.14. The summed E-state index contributed by atoms with van der Waals surface area (Å²) < 4.78 is 4.99. The van der Waals surface area contributed by atoms with Gasteiger partial charge in [0.25, 0.3) is 5.91 Å². The Bertz CT molecular complexity index is 518. The van der Waals surface area contributed by atoms with E-state index in [-0.39, 0.29) is 18.9 Å². The summed E-state index contributed by atoms with van der Waals surface area (Å²) in [5, 5.41) is 12.1. The van der Waals surface area contributed by atoms with Crippen molar-refractivity contribution in [2.45, 2.75) is 25.8 Å². The minimum Gasteiger partial charge on any atom is -0.481 e. The molecule has 0 bridgehead atoms. The highest BCUT2D eigenvalue weighted by Crippen LogP contribution is 2.18. The van der Waals surface area contributed by atoms with Crippen LogP contribution in [-0.2, 0) is 9.53 Å². The van der Waals surface area contributed by atoms with Gasteiger partial charge in [-0.25, -0.2) is 0 Å².